The van der Waals surface area contributed by atoms with Gasteiger partial charge in [0.2, 0.25) is 0 Å². The molecule has 3 rings (SSSR count). The van der Waals surface area contributed by atoms with E-state index in [4.69, 9.17) is 4.74 Å². The van der Waals surface area contributed by atoms with Gasteiger partial charge in [-0.3, -0.25) is 4.79 Å². The summed E-state index contributed by atoms with van der Waals surface area (Å²) in [5.41, 5.74) is 2.16. The molecule has 1 atom stereocenters. The van der Waals surface area contributed by atoms with Crippen LogP contribution in [0.4, 0.5) is 0 Å². The molecule has 0 bridgehead atoms. The van der Waals surface area contributed by atoms with Crippen LogP contribution in [0.5, 0.6) is 5.75 Å². The number of aliphatic hydroxyl groups is 1. The summed E-state index contributed by atoms with van der Waals surface area (Å²) in [6.45, 7) is 1.80. The van der Waals surface area contributed by atoms with Gasteiger partial charge >= 0.3 is 0 Å². The molecular formula is C17H23NO3. The summed E-state index contributed by atoms with van der Waals surface area (Å²) < 4.78 is 5.63. The van der Waals surface area contributed by atoms with E-state index in [-0.39, 0.29) is 12.5 Å². The van der Waals surface area contributed by atoms with Crippen molar-refractivity contribution in [2.75, 3.05) is 19.7 Å². The van der Waals surface area contributed by atoms with E-state index in [1.165, 1.54) is 12.0 Å². The maximum absolute atomic E-state index is 12.1. The lowest BCUT2D eigenvalue weighted by molar-refractivity contribution is -0.134. The molecule has 0 unspecified atom stereocenters. The number of hydrogen-bond acceptors (Lipinski definition) is 3. The number of ether oxygens (including phenoxy) is 1. The summed E-state index contributed by atoms with van der Waals surface area (Å²) in [6, 6.07) is 5.81. The zero-order chi connectivity index (χ0) is 14.7. The highest BCUT2D eigenvalue weighted by molar-refractivity contribution is 5.77. The van der Waals surface area contributed by atoms with Gasteiger partial charge in [0.15, 0.2) is 6.61 Å². The Bertz CT molecular complexity index is 509. The Morgan fingerprint density at radius 3 is 2.86 bits per heavy atom. The normalized spacial score (nSPS) is 21.8. The van der Waals surface area contributed by atoms with Crippen molar-refractivity contribution in [2.45, 2.75) is 44.6 Å². The summed E-state index contributed by atoms with van der Waals surface area (Å²) in [4.78, 5) is 14.0. The van der Waals surface area contributed by atoms with Crippen LogP contribution in [0, 0.1) is 0 Å². The van der Waals surface area contributed by atoms with Gasteiger partial charge in [-0.25, -0.2) is 0 Å². The van der Waals surface area contributed by atoms with Crippen LogP contribution >= 0.6 is 0 Å². The molecular weight excluding hydrogens is 266 g/mol. The lowest BCUT2D eigenvalue weighted by Crippen LogP contribution is -2.38. The number of carbonyl (C=O) groups is 1. The predicted molar refractivity (Wildman–Crippen MR) is 80.3 cm³/mol. The smallest absolute Gasteiger partial charge is 0.260 e. The number of carbonyl (C=O) groups excluding carboxylic acids is 1. The van der Waals surface area contributed by atoms with Crippen molar-refractivity contribution in [3.63, 3.8) is 0 Å². The predicted octanol–water partition coefficient (Wildman–Crippen LogP) is 2.45. The summed E-state index contributed by atoms with van der Waals surface area (Å²) in [6.07, 6.45) is 5.86. The number of amides is 1. The monoisotopic (exact) mass is 289 g/mol. The SMILES string of the molecule is O=C(COc1ccc2c(c1)[C@@H](O)CCC2)N1CCCCC1. The van der Waals surface area contributed by atoms with Crippen molar-refractivity contribution in [3.05, 3.63) is 29.3 Å². The molecule has 2 aliphatic rings. The summed E-state index contributed by atoms with van der Waals surface area (Å²) >= 11 is 0. The van der Waals surface area contributed by atoms with E-state index in [0.717, 1.165) is 50.8 Å². The Hall–Kier alpha value is -1.55. The molecule has 21 heavy (non-hydrogen) atoms. The van der Waals surface area contributed by atoms with Crippen molar-refractivity contribution < 1.29 is 14.6 Å². The molecule has 0 saturated carbocycles. The first-order valence-electron chi connectivity index (χ1n) is 7.95. The first-order chi connectivity index (χ1) is 10.2. The minimum absolute atomic E-state index is 0.0629. The number of rotatable bonds is 3. The van der Waals surface area contributed by atoms with E-state index < -0.39 is 6.10 Å². The van der Waals surface area contributed by atoms with Gasteiger partial charge in [-0.15, -0.1) is 0 Å². The Morgan fingerprint density at radius 1 is 1.24 bits per heavy atom. The fourth-order valence-corrected chi connectivity index (χ4v) is 3.22. The number of hydrogen-bond donors (Lipinski definition) is 1. The Balaban J connectivity index is 1.60. The number of benzene rings is 1. The Morgan fingerprint density at radius 2 is 2.05 bits per heavy atom. The minimum atomic E-state index is -0.393. The average Bonchev–Trinajstić information content (AvgIpc) is 2.54. The van der Waals surface area contributed by atoms with Crippen LogP contribution in [-0.4, -0.2) is 35.6 Å². The molecule has 1 saturated heterocycles. The van der Waals surface area contributed by atoms with Crippen molar-refractivity contribution in [1.29, 1.82) is 0 Å². The topological polar surface area (TPSA) is 49.8 Å². The van der Waals surface area contributed by atoms with Crippen LogP contribution in [-0.2, 0) is 11.2 Å². The van der Waals surface area contributed by atoms with E-state index in [9.17, 15) is 9.90 Å². The third-order valence-electron chi connectivity index (χ3n) is 4.47. The molecule has 114 valence electrons. The maximum Gasteiger partial charge on any atom is 0.260 e. The van der Waals surface area contributed by atoms with Crippen LogP contribution in [0.1, 0.15) is 49.3 Å². The first-order valence-corrected chi connectivity index (χ1v) is 7.95. The number of aryl methyl sites for hydroxylation is 1. The van der Waals surface area contributed by atoms with Gasteiger partial charge in [0.1, 0.15) is 5.75 Å². The quantitative estimate of drug-likeness (QED) is 0.930. The van der Waals surface area contributed by atoms with Gasteiger partial charge < -0.3 is 14.7 Å². The molecule has 1 aliphatic heterocycles. The van der Waals surface area contributed by atoms with Gasteiger partial charge in [0, 0.05) is 13.1 Å². The zero-order valence-electron chi connectivity index (χ0n) is 12.4. The van der Waals surface area contributed by atoms with Crippen molar-refractivity contribution in [2.24, 2.45) is 0 Å². The maximum atomic E-state index is 12.1. The Labute approximate surface area is 125 Å². The number of nitrogens with zero attached hydrogens (tertiary/aromatic N) is 1. The average molecular weight is 289 g/mol. The van der Waals surface area contributed by atoms with E-state index in [1.807, 2.05) is 23.1 Å². The van der Waals surface area contributed by atoms with Gasteiger partial charge in [0.05, 0.1) is 6.10 Å². The van der Waals surface area contributed by atoms with Crippen molar-refractivity contribution in [1.82, 2.24) is 4.90 Å². The third kappa shape index (κ3) is 3.38. The zero-order valence-corrected chi connectivity index (χ0v) is 12.4. The molecule has 0 radical (unpaired) electrons. The van der Waals surface area contributed by atoms with Crippen molar-refractivity contribution >= 4 is 5.91 Å². The Kier molecular flexibility index (Phi) is 4.44. The number of fused-ring (bicyclic) bond motifs is 1. The molecule has 1 aromatic carbocycles. The second-order valence-corrected chi connectivity index (χ2v) is 6.00. The molecule has 1 aliphatic carbocycles. The second-order valence-electron chi connectivity index (χ2n) is 6.00. The van der Waals surface area contributed by atoms with Crippen LogP contribution in [0.3, 0.4) is 0 Å². The highest BCUT2D eigenvalue weighted by Crippen LogP contribution is 2.32. The number of likely N-dealkylation sites (tertiary alicyclic amines) is 1. The lowest BCUT2D eigenvalue weighted by atomic mass is 9.89. The van der Waals surface area contributed by atoms with Crippen LogP contribution < -0.4 is 4.74 Å². The van der Waals surface area contributed by atoms with E-state index in [2.05, 4.69) is 0 Å². The van der Waals surface area contributed by atoms with Gasteiger partial charge in [-0.1, -0.05) is 6.07 Å². The molecule has 1 fully saturated rings. The van der Waals surface area contributed by atoms with E-state index in [1.54, 1.807) is 0 Å². The summed E-state index contributed by atoms with van der Waals surface area (Å²) in [7, 11) is 0. The number of piperidine rings is 1. The van der Waals surface area contributed by atoms with Crippen LogP contribution in [0.25, 0.3) is 0 Å². The van der Waals surface area contributed by atoms with Gasteiger partial charge in [0.25, 0.3) is 5.91 Å². The molecule has 1 aromatic rings. The molecule has 1 N–H and O–H groups in total. The van der Waals surface area contributed by atoms with Crippen molar-refractivity contribution in [3.8, 4) is 5.75 Å². The minimum Gasteiger partial charge on any atom is -0.484 e. The van der Waals surface area contributed by atoms with Gasteiger partial charge in [-0.05, 0) is 61.8 Å². The molecule has 0 spiro atoms. The van der Waals surface area contributed by atoms with Gasteiger partial charge in [-0.2, -0.15) is 0 Å². The highest BCUT2D eigenvalue weighted by atomic mass is 16.5. The lowest BCUT2D eigenvalue weighted by Gasteiger charge is -2.27. The van der Waals surface area contributed by atoms with Crippen LogP contribution in [0.15, 0.2) is 18.2 Å². The standard InChI is InChI=1S/C17H23NO3/c19-16-6-4-5-13-7-8-14(11-15(13)16)21-12-17(20)18-9-2-1-3-10-18/h7-8,11,16,19H,1-6,9-10,12H2/t16-/m0/s1. The van der Waals surface area contributed by atoms with E-state index in [0.29, 0.717) is 5.75 Å². The molecule has 4 heteroatoms. The molecule has 0 aromatic heterocycles. The molecule has 1 amide bonds. The summed E-state index contributed by atoms with van der Waals surface area (Å²) in [5, 5.41) is 10.0. The number of aliphatic hydroxyl groups excluding tert-OH is 1. The molecule has 4 nitrogen and oxygen atoms in total. The third-order valence-corrected chi connectivity index (χ3v) is 4.47. The van der Waals surface area contributed by atoms with E-state index >= 15 is 0 Å². The van der Waals surface area contributed by atoms with Crippen LogP contribution in [0.2, 0.25) is 0 Å². The summed E-state index contributed by atoms with van der Waals surface area (Å²) in [5.74, 6) is 0.744. The first kappa shape index (κ1) is 14.4. The fraction of sp³-hybridized carbons (Fsp3) is 0.588. The largest absolute Gasteiger partial charge is 0.484 e. The highest BCUT2D eigenvalue weighted by Gasteiger charge is 2.20. The second kappa shape index (κ2) is 6.48. The fourth-order valence-electron chi connectivity index (χ4n) is 3.22. The molecule has 1 heterocycles.